The summed E-state index contributed by atoms with van der Waals surface area (Å²) in [5, 5.41) is 10.7. The molecule has 0 saturated carbocycles. The van der Waals surface area contributed by atoms with Crippen molar-refractivity contribution in [2.45, 2.75) is 25.9 Å². The molecule has 7 nitrogen and oxygen atoms in total. The van der Waals surface area contributed by atoms with E-state index in [-0.39, 0.29) is 5.92 Å². The van der Waals surface area contributed by atoms with Gasteiger partial charge in [0, 0.05) is 44.5 Å². The Hall–Kier alpha value is -2.15. The molecular weight excluding hydrogens is 294 g/mol. The highest BCUT2D eigenvalue weighted by Gasteiger charge is 2.29. The second kappa shape index (κ2) is 6.95. The van der Waals surface area contributed by atoms with Crippen LogP contribution in [-0.4, -0.2) is 44.3 Å². The molecule has 2 unspecified atom stereocenters. The first-order valence-corrected chi connectivity index (χ1v) is 8.04. The van der Waals surface area contributed by atoms with Crippen molar-refractivity contribution in [3.8, 4) is 5.88 Å². The van der Waals surface area contributed by atoms with Crippen LogP contribution in [0.5, 0.6) is 5.88 Å². The van der Waals surface area contributed by atoms with Gasteiger partial charge in [0.15, 0.2) is 0 Å². The molecule has 0 spiro atoms. The molecule has 2 atom stereocenters. The summed E-state index contributed by atoms with van der Waals surface area (Å²) < 4.78 is 7.32. The van der Waals surface area contributed by atoms with Crippen LogP contribution in [0.1, 0.15) is 31.7 Å². The average Bonchev–Trinajstić information content (AvgIpc) is 3.01. The number of rotatable bonds is 5. The van der Waals surface area contributed by atoms with Crippen molar-refractivity contribution in [3.63, 3.8) is 0 Å². The number of ether oxygens (including phenoxy) is 1. The number of aryl methyl sites for hydroxylation is 1. The van der Waals surface area contributed by atoms with Crippen LogP contribution in [0.4, 0.5) is 5.82 Å². The molecule has 2 aromatic heterocycles. The second-order valence-electron chi connectivity index (χ2n) is 5.84. The Morgan fingerprint density at radius 3 is 3.00 bits per heavy atom. The summed E-state index contributed by atoms with van der Waals surface area (Å²) in [5.74, 6) is 2.29. The molecule has 0 amide bonds. The van der Waals surface area contributed by atoms with Gasteiger partial charge in [-0.25, -0.2) is 15.0 Å². The average molecular weight is 317 g/mol. The quantitative estimate of drug-likeness (QED) is 0.902. The van der Waals surface area contributed by atoms with Gasteiger partial charge >= 0.3 is 0 Å². The van der Waals surface area contributed by atoms with Crippen LogP contribution in [0.15, 0.2) is 24.8 Å². The van der Waals surface area contributed by atoms with Crippen molar-refractivity contribution in [1.82, 2.24) is 19.5 Å². The Kier molecular flexibility index (Phi) is 4.76. The van der Waals surface area contributed by atoms with Gasteiger partial charge in [-0.3, -0.25) is 0 Å². The summed E-state index contributed by atoms with van der Waals surface area (Å²) >= 11 is 0. The molecule has 1 aliphatic heterocycles. The number of imidazole rings is 1. The molecule has 1 N–H and O–H groups in total. The van der Waals surface area contributed by atoms with E-state index in [1.165, 1.54) is 6.33 Å². The number of anilines is 1. The van der Waals surface area contributed by atoms with Gasteiger partial charge in [0.1, 0.15) is 24.1 Å². The Bertz CT molecular complexity index is 645. The van der Waals surface area contributed by atoms with Gasteiger partial charge in [0.25, 0.3) is 0 Å². The summed E-state index contributed by atoms with van der Waals surface area (Å²) in [6, 6.07) is 1.86. The SMILES string of the molecule is CCOc1cc(N2CCCC(C(O)c3nccn3C)C2)ncn1. The number of aliphatic hydroxyl groups excluding tert-OH is 1. The summed E-state index contributed by atoms with van der Waals surface area (Å²) in [6.07, 6.45) is 6.54. The van der Waals surface area contributed by atoms with E-state index < -0.39 is 6.10 Å². The molecule has 3 rings (SSSR count). The van der Waals surface area contributed by atoms with E-state index in [4.69, 9.17) is 4.74 Å². The lowest BCUT2D eigenvalue weighted by Gasteiger charge is -2.35. The Balaban J connectivity index is 1.73. The van der Waals surface area contributed by atoms with Crippen LogP contribution < -0.4 is 9.64 Å². The predicted octanol–water partition coefficient (Wildman–Crippen LogP) is 1.56. The summed E-state index contributed by atoms with van der Waals surface area (Å²) in [4.78, 5) is 14.9. The maximum Gasteiger partial charge on any atom is 0.218 e. The van der Waals surface area contributed by atoms with Crippen LogP contribution >= 0.6 is 0 Å². The molecular formula is C16H23N5O2. The number of hydrogen-bond donors (Lipinski definition) is 1. The maximum atomic E-state index is 10.7. The number of aliphatic hydroxyl groups is 1. The van der Waals surface area contributed by atoms with Crippen molar-refractivity contribution >= 4 is 5.82 Å². The molecule has 0 aliphatic carbocycles. The van der Waals surface area contributed by atoms with E-state index >= 15 is 0 Å². The van der Waals surface area contributed by atoms with Crippen molar-refractivity contribution in [2.75, 3.05) is 24.6 Å². The molecule has 1 fully saturated rings. The first kappa shape index (κ1) is 15.7. The van der Waals surface area contributed by atoms with Gasteiger partial charge < -0.3 is 19.3 Å². The van der Waals surface area contributed by atoms with Crippen LogP contribution in [0.2, 0.25) is 0 Å². The smallest absolute Gasteiger partial charge is 0.218 e. The zero-order valence-electron chi connectivity index (χ0n) is 13.6. The van der Waals surface area contributed by atoms with Crippen molar-refractivity contribution in [1.29, 1.82) is 0 Å². The molecule has 23 heavy (non-hydrogen) atoms. The van der Waals surface area contributed by atoms with Crippen LogP contribution in [0.3, 0.4) is 0 Å². The van der Waals surface area contributed by atoms with Crippen LogP contribution in [-0.2, 0) is 7.05 Å². The third-order valence-electron chi connectivity index (χ3n) is 4.27. The Morgan fingerprint density at radius 2 is 2.26 bits per heavy atom. The number of nitrogens with zero attached hydrogens (tertiary/aromatic N) is 5. The van der Waals surface area contributed by atoms with Gasteiger partial charge in [-0.2, -0.15) is 0 Å². The van der Waals surface area contributed by atoms with Gasteiger partial charge in [-0.15, -0.1) is 0 Å². The number of aromatic nitrogens is 4. The van der Waals surface area contributed by atoms with E-state index in [1.807, 2.05) is 30.8 Å². The fraction of sp³-hybridized carbons (Fsp3) is 0.562. The highest BCUT2D eigenvalue weighted by atomic mass is 16.5. The highest BCUT2D eigenvalue weighted by Crippen LogP contribution is 2.31. The standard InChI is InChI=1S/C16H23N5O2/c1-3-23-14-9-13(18-11-19-14)21-7-4-5-12(10-21)15(22)16-17-6-8-20(16)2/h6,8-9,11-12,15,22H,3-5,7,10H2,1-2H3. The van der Waals surface area contributed by atoms with E-state index in [2.05, 4.69) is 19.9 Å². The zero-order valence-corrected chi connectivity index (χ0v) is 13.6. The fourth-order valence-corrected chi connectivity index (χ4v) is 3.08. The number of piperidine rings is 1. The summed E-state index contributed by atoms with van der Waals surface area (Å²) in [6.45, 7) is 4.18. The lowest BCUT2D eigenvalue weighted by molar-refractivity contribution is 0.0873. The van der Waals surface area contributed by atoms with Crippen molar-refractivity contribution in [3.05, 3.63) is 30.6 Å². The molecule has 1 saturated heterocycles. The normalized spacial score (nSPS) is 19.6. The highest BCUT2D eigenvalue weighted by molar-refractivity contribution is 5.41. The topological polar surface area (TPSA) is 76.3 Å². The molecule has 0 bridgehead atoms. The Morgan fingerprint density at radius 1 is 1.39 bits per heavy atom. The summed E-state index contributed by atoms with van der Waals surface area (Å²) in [7, 11) is 1.91. The zero-order chi connectivity index (χ0) is 16.2. The van der Waals surface area contributed by atoms with E-state index in [0.717, 1.165) is 37.6 Å². The third-order valence-corrected chi connectivity index (χ3v) is 4.27. The van der Waals surface area contributed by atoms with Crippen LogP contribution in [0.25, 0.3) is 0 Å². The van der Waals surface area contributed by atoms with Gasteiger partial charge in [-0.05, 0) is 19.8 Å². The molecule has 124 valence electrons. The van der Waals surface area contributed by atoms with Gasteiger partial charge in [0.2, 0.25) is 5.88 Å². The van der Waals surface area contributed by atoms with Gasteiger partial charge in [-0.1, -0.05) is 0 Å². The fourth-order valence-electron chi connectivity index (χ4n) is 3.08. The lowest BCUT2D eigenvalue weighted by atomic mass is 9.92. The van der Waals surface area contributed by atoms with E-state index in [0.29, 0.717) is 12.5 Å². The first-order chi connectivity index (χ1) is 11.2. The molecule has 1 aliphatic rings. The molecule has 3 heterocycles. The van der Waals surface area contributed by atoms with Crippen molar-refractivity contribution < 1.29 is 9.84 Å². The predicted molar refractivity (Wildman–Crippen MR) is 86.3 cm³/mol. The summed E-state index contributed by atoms with van der Waals surface area (Å²) in [5.41, 5.74) is 0. The van der Waals surface area contributed by atoms with E-state index in [9.17, 15) is 5.11 Å². The molecule has 0 aromatic carbocycles. The van der Waals surface area contributed by atoms with E-state index in [1.54, 1.807) is 6.20 Å². The lowest BCUT2D eigenvalue weighted by Crippen LogP contribution is -2.38. The van der Waals surface area contributed by atoms with Crippen molar-refractivity contribution in [2.24, 2.45) is 13.0 Å². The minimum atomic E-state index is -0.564. The molecule has 2 aromatic rings. The van der Waals surface area contributed by atoms with Gasteiger partial charge in [0.05, 0.1) is 6.61 Å². The minimum Gasteiger partial charge on any atom is -0.478 e. The maximum absolute atomic E-state index is 10.7. The number of hydrogen-bond acceptors (Lipinski definition) is 6. The first-order valence-electron chi connectivity index (χ1n) is 8.04. The monoisotopic (exact) mass is 317 g/mol. The molecule has 0 radical (unpaired) electrons. The third kappa shape index (κ3) is 3.44. The largest absolute Gasteiger partial charge is 0.478 e. The van der Waals surface area contributed by atoms with Crippen LogP contribution in [0, 0.1) is 5.92 Å². The second-order valence-corrected chi connectivity index (χ2v) is 5.84. The minimum absolute atomic E-state index is 0.135. The molecule has 7 heteroatoms. The Labute approximate surface area is 136 Å².